The first-order valence-electron chi connectivity index (χ1n) is 2.47. The van der Waals surface area contributed by atoms with Gasteiger partial charge in [-0.15, -0.1) is 6.58 Å². The van der Waals surface area contributed by atoms with Crippen LogP contribution >= 0.6 is 0 Å². The number of rotatable bonds is 3. The van der Waals surface area contributed by atoms with Gasteiger partial charge in [0.25, 0.3) is 0 Å². The highest BCUT2D eigenvalue weighted by Crippen LogP contribution is 1.90. The lowest BCUT2D eigenvalue weighted by molar-refractivity contribution is 0.693. The molecule has 0 fully saturated rings. The molecule has 1 atom stereocenters. The van der Waals surface area contributed by atoms with E-state index in [1.165, 1.54) is 0 Å². The maximum absolute atomic E-state index is 5.45. The minimum absolute atomic E-state index is 0.220. The topological polar surface area (TPSA) is 26.0 Å². The van der Waals surface area contributed by atoms with Gasteiger partial charge < -0.3 is 5.73 Å². The molecule has 0 heterocycles. The molecule has 0 amide bonds. The number of nitrogens with two attached hydrogens (primary N) is 1. The Morgan fingerprint density at radius 2 is 2.29 bits per heavy atom. The number of hydrogen-bond donors (Lipinski definition) is 1. The average Bonchev–Trinajstić information content (AvgIpc) is 1.68. The normalized spacial score (nSPS) is 13.4. The van der Waals surface area contributed by atoms with E-state index in [-0.39, 0.29) is 6.04 Å². The Hall–Kier alpha value is -0.300. The first-order chi connectivity index (χ1) is 3.31. The lowest BCUT2D eigenvalue weighted by Crippen LogP contribution is -2.16. The van der Waals surface area contributed by atoms with E-state index in [1.54, 1.807) is 0 Å². The summed E-state index contributed by atoms with van der Waals surface area (Å²) in [5, 5.41) is 0. The second kappa shape index (κ2) is 3.88. The van der Waals surface area contributed by atoms with Crippen LogP contribution in [0.2, 0.25) is 0 Å². The summed E-state index contributed by atoms with van der Waals surface area (Å²) in [6, 6.07) is 0.220. The summed E-state index contributed by atoms with van der Waals surface area (Å²) in [4.78, 5) is 0. The largest absolute Gasteiger partial charge is 0.327 e. The van der Waals surface area contributed by atoms with Crippen LogP contribution in [0.3, 0.4) is 0 Å². The Morgan fingerprint density at radius 3 is 2.43 bits per heavy atom. The zero-order valence-corrected chi connectivity index (χ0v) is 4.56. The minimum atomic E-state index is 0.220. The van der Waals surface area contributed by atoms with Gasteiger partial charge in [0.05, 0.1) is 0 Å². The molecule has 41 valence electrons. The average molecular weight is 98.2 g/mol. The monoisotopic (exact) mass is 98.1 g/mol. The summed E-state index contributed by atoms with van der Waals surface area (Å²) in [6.07, 6.45) is 3.49. The van der Waals surface area contributed by atoms with Crippen LogP contribution in [-0.4, -0.2) is 6.04 Å². The summed E-state index contributed by atoms with van der Waals surface area (Å²) >= 11 is 0. The van der Waals surface area contributed by atoms with Crippen LogP contribution in [-0.2, 0) is 0 Å². The van der Waals surface area contributed by atoms with Gasteiger partial charge in [-0.25, -0.2) is 0 Å². The van der Waals surface area contributed by atoms with Crippen molar-refractivity contribution < 1.29 is 0 Å². The zero-order valence-electron chi connectivity index (χ0n) is 4.56. The maximum Gasteiger partial charge on any atom is 0.00733 e. The first kappa shape index (κ1) is 6.70. The molecular weight excluding hydrogens is 86.1 g/mol. The zero-order chi connectivity index (χ0) is 5.70. The van der Waals surface area contributed by atoms with Crippen molar-refractivity contribution in [1.29, 1.82) is 0 Å². The fourth-order valence-corrected chi connectivity index (χ4v) is 0.332. The quantitative estimate of drug-likeness (QED) is 0.526. The highest BCUT2D eigenvalue weighted by atomic mass is 14.6. The molecule has 0 aromatic carbocycles. The SMILES string of the molecule is [CH2]CC(N)CC=C. The first-order valence-corrected chi connectivity index (χ1v) is 2.47. The van der Waals surface area contributed by atoms with Gasteiger partial charge in [-0.3, -0.25) is 0 Å². The third-order valence-corrected chi connectivity index (χ3v) is 0.840. The molecule has 1 nitrogen and oxygen atoms in total. The van der Waals surface area contributed by atoms with Crippen LogP contribution in [0.4, 0.5) is 0 Å². The maximum atomic E-state index is 5.45. The van der Waals surface area contributed by atoms with Gasteiger partial charge in [0.2, 0.25) is 0 Å². The van der Waals surface area contributed by atoms with Gasteiger partial charge in [0.1, 0.15) is 0 Å². The highest BCUT2D eigenvalue weighted by Gasteiger charge is 1.90. The van der Waals surface area contributed by atoms with Crippen LogP contribution in [0.5, 0.6) is 0 Å². The van der Waals surface area contributed by atoms with Crippen LogP contribution in [0.25, 0.3) is 0 Å². The summed E-state index contributed by atoms with van der Waals surface area (Å²) < 4.78 is 0. The number of hydrogen-bond acceptors (Lipinski definition) is 1. The van der Waals surface area contributed by atoms with E-state index < -0.39 is 0 Å². The Bertz CT molecular complexity index is 50.1. The Morgan fingerprint density at radius 1 is 1.71 bits per heavy atom. The van der Waals surface area contributed by atoms with Gasteiger partial charge in [-0.05, 0) is 12.8 Å². The van der Waals surface area contributed by atoms with Gasteiger partial charge in [0.15, 0.2) is 0 Å². The molecule has 0 aromatic rings. The van der Waals surface area contributed by atoms with Crippen molar-refractivity contribution in [2.45, 2.75) is 18.9 Å². The molecule has 0 rings (SSSR count). The summed E-state index contributed by atoms with van der Waals surface area (Å²) in [7, 11) is 0. The molecule has 0 aliphatic rings. The van der Waals surface area contributed by atoms with Crippen molar-refractivity contribution in [2.24, 2.45) is 5.73 Å². The van der Waals surface area contributed by atoms with Crippen molar-refractivity contribution in [1.82, 2.24) is 0 Å². The van der Waals surface area contributed by atoms with Crippen molar-refractivity contribution >= 4 is 0 Å². The molecule has 0 saturated heterocycles. The van der Waals surface area contributed by atoms with Crippen molar-refractivity contribution in [2.75, 3.05) is 0 Å². The third kappa shape index (κ3) is 3.53. The van der Waals surface area contributed by atoms with Crippen LogP contribution in [0.15, 0.2) is 12.7 Å². The van der Waals surface area contributed by atoms with E-state index in [1.807, 2.05) is 6.08 Å². The van der Waals surface area contributed by atoms with Crippen LogP contribution < -0.4 is 5.73 Å². The van der Waals surface area contributed by atoms with Gasteiger partial charge >= 0.3 is 0 Å². The van der Waals surface area contributed by atoms with E-state index in [2.05, 4.69) is 13.5 Å². The molecule has 0 aliphatic heterocycles. The molecule has 0 aromatic heterocycles. The van der Waals surface area contributed by atoms with Gasteiger partial charge in [-0.1, -0.05) is 13.0 Å². The summed E-state index contributed by atoms with van der Waals surface area (Å²) in [5.41, 5.74) is 5.45. The van der Waals surface area contributed by atoms with Gasteiger partial charge in [-0.2, -0.15) is 0 Å². The molecule has 1 radical (unpaired) electrons. The molecule has 0 aliphatic carbocycles. The Balaban J connectivity index is 2.98. The minimum Gasteiger partial charge on any atom is -0.327 e. The van der Waals surface area contributed by atoms with E-state index >= 15 is 0 Å². The standard InChI is InChI=1S/C6H12N/c1-3-5-6(7)4-2/h3,6H,1-2,4-5,7H2. The molecule has 7 heavy (non-hydrogen) atoms. The molecule has 0 saturated carbocycles. The highest BCUT2D eigenvalue weighted by molar-refractivity contribution is 4.75. The second-order valence-electron chi connectivity index (χ2n) is 1.57. The lowest BCUT2D eigenvalue weighted by atomic mass is 10.2. The molecule has 0 spiro atoms. The van der Waals surface area contributed by atoms with E-state index in [0.29, 0.717) is 0 Å². The second-order valence-corrected chi connectivity index (χ2v) is 1.57. The van der Waals surface area contributed by atoms with E-state index in [0.717, 1.165) is 12.8 Å². The van der Waals surface area contributed by atoms with Crippen molar-refractivity contribution in [3.05, 3.63) is 19.6 Å². The van der Waals surface area contributed by atoms with Crippen LogP contribution in [0.1, 0.15) is 12.8 Å². The van der Waals surface area contributed by atoms with E-state index in [9.17, 15) is 0 Å². The van der Waals surface area contributed by atoms with Crippen molar-refractivity contribution in [3.8, 4) is 0 Å². The van der Waals surface area contributed by atoms with Crippen molar-refractivity contribution in [3.63, 3.8) is 0 Å². The molecular formula is C6H12N. The predicted octanol–water partition coefficient (Wildman–Crippen LogP) is 1.11. The molecule has 1 unspecified atom stereocenters. The fraction of sp³-hybridized carbons (Fsp3) is 0.500. The van der Waals surface area contributed by atoms with Gasteiger partial charge in [0, 0.05) is 6.04 Å². The summed E-state index contributed by atoms with van der Waals surface area (Å²) in [5.74, 6) is 0. The lowest BCUT2D eigenvalue weighted by Gasteiger charge is -2.00. The third-order valence-electron chi connectivity index (χ3n) is 0.840. The molecule has 2 N–H and O–H groups in total. The molecule has 0 bridgehead atoms. The fourth-order valence-electron chi connectivity index (χ4n) is 0.332. The van der Waals surface area contributed by atoms with Crippen LogP contribution in [0, 0.1) is 6.92 Å². The Labute approximate surface area is 45.2 Å². The van der Waals surface area contributed by atoms with E-state index in [4.69, 9.17) is 5.73 Å². The Kier molecular flexibility index (Phi) is 3.71. The summed E-state index contributed by atoms with van der Waals surface area (Å²) in [6.45, 7) is 7.17. The predicted molar refractivity (Wildman–Crippen MR) is 32.8 cm³/mol. The smallest absolute Gasteiger partial charge is 0.00733 e. The molecule has 1 heteroatoms.